The molecule has 9 nitrogen and oxygen atoms in total. The molecule has 0 radical (unpaired) electrons. The van der Waals surface area contributed by atoms with Crippen molar-refractivity contribution >= 4 is 17.5 Å². The molecule has 1 aliphatic rings. The van der Waals surface area contributed by atoms with E-state index in [0.29, 0.717) is 55.7 Å². The van der Waals surface area contributed by atoms with Crippen molar-refractivity contribution in [2.75, 3.05) is 31.6 Å². The molecule has 2 amide bonds. The summed E-state index contributed by atoms with van der Waals surface area (Å²) in [6.45, 7) is 2.12. The van der Waals surface area contributed by atoms with Gasteiger partial charge >= 0.3 is 0 Å². The smallest absolute Gasteiger partial charge is 0.256 e. The molecule has 1 aromatic carbocycles. The van der Waals surface area contributed by atoms with Crippen LogP contribution in [0, 0.1) is 0 Å². The molecule has 154 valence electrons. The number of anilines is 1. The fourth-order valence-electron chi connectivity index (χ4n) is 3.12. The number of aromatic nitrogens is 3. The standard InChI is InChI=1S/C21H21N5O4/c27-18(7-8-19-24-20(25-30-19)15-4-3-9-22-14-15)23-17-6-2-1-5-16(17)21(28)26-10-12-29-13-11-26/h1-6,9,14H,7-8,10-13H2,(H,23,27). The maximum atomic E-state index is 12.8. The van der Waals surface area contributed by atoms with Crippen LogP contribution >= 0.6 is 0 Å². The molecule has 0 unspecified atom stereocenters. The number of benzene rings is 1. The molecular weight excluding hydrogens is 386 g/mol. The van der Waals surface area contributed by atoms with Crippen molar-refractivity contribution in [2.24, 2.45) is 0 Å². The summed E-state index contributed by atoms with van der Waals surface area (Å²) in [5.41, 5.74) is 1.69. The monoisotopic (exact) mass is 407 g/mol. The number of aryl methyl sites for hydroxylation is 1. The Labute approximate surface area is 173 Å². The number of carbonyl (C=O) groups is 2. The van der Waals surface area contributed by atoms with Gasteiger partial charge in [-0.05, 0) is 24.3 Å². The van der Waals surface area contributed by atoms with E-state index >= 15 is 0 Å². The van der Waals surface area contributed by atoms with E-state index in [-0.39, 0.29) is 18.2 Å². The Morgan fingerprint density at radius 1 is 1.10 bits per heavy atom. The van der Waals surface area contributed by atoms with Crippen LogP contribution in [0.4, 0.5) is 5.69 Å². The predicted octanol–water partition coefficient (Wildman–Crippen LogP) is 2.18. The molecule has 4 rings (SSSR count). The maximum absolute atomic E-state index is 12.8. The SMILES string of the molecule is O=C(CCc1nc(-c2cccnc2)no1)Nc1ccccc1C(=O)N1CCOCC1. The van der Waals surface area contributed by atoms with E-state index in [9.17, 15) is 9.59 Å². The van der Waals surface area contributed by atoms with Crippen LogP contribution in [0.1, 0.15) is 22.7 Å². The highest BCUT2D eigenvalue weighted by molar-refractivity contribution is 6.03. The van der Waals surface area contributed by atoms with E-state index in [4.69, 9.17) is 9.26 Å². The molecule has 2 aromatic heterocycles. The van der Waals surface area contributed by atoms with Gasteiger partial charge in [0.2, 0.25) is 17.6 Å². The van der Waals surface area contributed by atoms with Gasteiger partial charge in [-0.2, -0.15) is 4.98 Å². The first-order chi connectivity index (χ1) is 14.7. The summed E-state index contributed by atoms with van der Waals surface area (Å²) < 4.78 is 10.5. The number of ether oxygens (including phenoxy) is 1. The minimum Gasteiger partial charge on any atom is -0.378 e. The summed E-state index contributed by atoms with van der Waals surface area (Å²) in [6.07, 6.45) is 3.74. The largest absolute Gasteiger partial charge is 0.378 e. The van der Waals surface area contributed by atoms with E-state index in [1.54, 1.807) is 47.6 Å². The molecule has 0 bridgehead atoms. The minimum absolute atomic E-state index is 0.118. The molecule has 0 saturated carbocycles. The number of morpholine rings is 1. The summed E-state index contributed by atoms with van der Waals surface area (Å²) in [5, 5.41) is 6.74. The summed E-state index contributed by atoms with van der Waals surface area (Å²) in [5.74, 6) is 0.437. The second-order valence-corrected chi connectivity index (χ2v) is 6.75. The molecule has 0 aliphatic carbocycles. The van der Waals surface area contributed by atoms with Crippen LogP contribution in [0.2, 0.25) is 0 Å². The molecule has 0 spiro atoms. The first-order valence-electron chi connectivity index (χ1n) is 9.69. The Morgan fingerprint density at radius 2 is 1.93 bits per heavy atom. The van der Waals surface area contributed by atoms with Crippen LogP contribution < -0.4 is 5.32 Å². The average Bonchev–Trinajstić information content (AvgIpc) is 3.28. The van der Waals surface area contributed by atoms with Crippen LogP contribution in [0.5, 0.6) is 0 Å². The molecule has 3 aromatic rings. The lowest BCUT2D eigenvalue weighted by Crippen LogP contribution is -2.41. The van der Waals surface area contributed by atoms with Crippen molar-refractivity contribution in [2.45, 2.75) is 12.8 Å². The van der Waals surface area contributed by atoms with E-state index in [1.807, 2.05) is 6.07 Å². The second-order valence-electron chi connectivity index (χ2n) is 6.75. The summed E-state index contributed by atoms with van der Waals surface area (Å²) in [4.78, 5) is 35.3. The van der Waals surface area contributed by atoms with Gasteiger partial charge in [0, 0.05) is 43.9 Å². The molecule has 3 heterocycles. The highest BCUT2D eigenvalue weighted by atomic mass is 16.5. The zero-order chi connectivity index (χ0) is 20.8. The van der Waals surface area contributed by atoms with Crippen molar-refractivity contribution in [3.63, 3.8) is 0 Å². The molecule has 9 heteroatoms. The van der Waals surface area contributed by atoms with E-state index < -0.39 is 0 Å². The predicted molar refractivity (Wildman–Crippen MR) is 108 cm³/mol. The highest BCUT2D eigenvalue weighted by Crippen LogP contribution is 2.19. The molecule has 1 N–H and O–H groups in total. The molecule has 1 saturated heterocycles. The van der Waals surface area contributed by atoms with Crippen LogP contribution in [0.15, 0.2) is 53.3 Å². The molecule has 1 aliphatic heterocycles. The van der Waals surface area contributed by atoms with E-state index in [0.717, 1.165) is 5.56 Å². The number of pyridine rings is 1. The third-order valence-corrected chi connectivity index (χ3v) is 4.68. The minimum atomic E-state index is -0.238. The number of amides is 2. The summed E-state index contributed by atoms with van der Waals surface area (Å²) in [6, 6.07) is 10.6. The number of rotatable bonds is 6. The van der Waals surface area contributed by atoms with Gasteiger partial charge in [0.05, 0.1) is 24.5 Å². The van der Waals surface area contributed by atoms with Crippen LogP contribution in [0.3, 0.4) is 0 Å². The number of para-hydroxylation sites is 1. The Hall–Kier alpha value is -3.59. The molecule has 0 atom stereocenters. The number of hydrogen-bond acceptors (Lipinski definition) is 7. The van der Waals surface area contributed by atoms with Crippen molar-refractivity contribution in [1.29, 1.82) is 0 Å². The van der Waals surface area contributed by atoms with Crippen LogP contribution in [0.25, 0.3) is 11.4 Å². The lowest BCUT2D eigenvalue weighted by atomic mass is 10.1. The Morgan fingerprint density at radius 3 is 2.73 bits per heavy atom. The second kappa shape index (κ2) is 9.27. The first kappa shape index (κ1) is 19.7. The zero-order valence-electron chi connectivity index (χ0n) is 16.3. The third-order valence-electron chi connectivity index (χ3n) is 4.68. The van der Waals surface area contributed by atoms with Gasteiger partial charge in [-0.1, -0.05) is 17.3 Å². The zero-order valence-corrected chi connectivity index (χ0v) is 16.3. The van der Waals surface area contributed by atoms with Crippen LogP contribution in [-0.2, 0) is 16.0 Å². The van der Waals surface area contributed by atoms with Gasteiger partial charge < -0.3 is 19.5 Å². The number of nitrogens with one attached hydrogen (secondary N) is 1. The van der Waals surface area contributed by atoms with Gasteiger partial charge in [-0.15, -0.1) is 0 Å². The highest BCUT2D eigenvalue weighted by Gasteiger charge is 2.21. The van der Waals surface area contributed by atoms with Crippen molar-refractivity contribution < 1.29 is 18.8 Å². The molecular formula is C21H21N5O4. The Bertz CT molecular complexity index is 1020. The van der Waals surface area contributed by atoms with E-state index in [1.165, 1.54) is 0 Å². The average molecular weight is 407 g/mol. The fourth-order valence-corrected chi connectivity index (χ4v) is 3.12. The number of hydrogen-bond donors (Lipinski definition) is 1. The fraction of sp³-hybridized carbons (Fsp3) is 0.286. The molecule has 1 fully saturated rings. The van der Waals surface area contributed by atoms with E-state index in [2.05, 4.69) is 20.4 Å². The first-order valence-corrected chi connectivity index (χ1v) is 9.69. The summed E-state index contributed by atoms with van der Waals surface area (Å²) in [7, 11) is 0. The maximum Gasteiger partial charge on any atom is 0.256 e. The van der Waals surface area contributed by atoms with Crippen molar-refractivity contribution in [3.8, 4) is 11.4 Å². The van der Waals surface area contributed by atoms with Gasteiger partial charge in [0.15, 0.2) is 0 Å². The third kappa shape index (κ3) is 4.69. The lowest BCUT2D eigenvalue weighted by molar-refractivity contribution is -0.116. The Kier molecular flexibility index (Phi) is 6.09. The number of nitrogens with zero attached hydrogens (tertiary/aromatic N) is 4. The van der Waals surface area contributed by atoms with Gasteiger partial charge in [0.1, 0.15) is 0 Å². The van der Waals surface area contributed by atoms with Gasteiger partial charge in [0.25, 0.3) is 5.91 Å². The van der Waals surface area contributed by atoms with Crippen LogP contribution in [-0.4, -0.2) is 58.1 Å². The Balaban J connectivity index is 1.37. The molecule has 30 heavy (non-hydrogen) atoms. The quantitative estimate of drug-likeness (QED) is 0.667. The topological polar surface area (TPSA) is 110 Å². The normalized spacial score (nSPS) is 13.8. The number of carbonyl (C=O) groups excluding carboxylic acids is 2. The van der Waals surface area contributed by atoms with Gasteiger partial charge in [-0.25, -0.2) is 0 Å². The van der Waals surface area contributed by atoms with Crippen molar-refractivity contribution in [3.05, 3.63) is 60.2 Å². The lowest BCUT2D eigenvalue weighted by Gasteiger charge is -2.27. The van der Waals surface area contributed by atoms with Crippen molar-refractivity contribution in [1.82, 2.24) is 20.0 Å². The summed E-state index contributed by atoms with van der Waals surface area (Å²) >= 11 is 0. The van der Waals surface area contributed by atoms with Gasteiger partial charge in [-0.3, -0.25) is 14.6 Å².